The maximum atomic E-state index is 2.35. The molecule has 0 heterocycles. The zero-order chi connectivity index (χ0) is 8.53. The maximum absolute atomic E-state index is 2.35. The van der Waals surface area contributed by atoms with E-state index in [9.17, 15) is 0 Å². The third-order valence-corrected chi connectivity index (χ3v) is 2.25. The topological polar surface area (TPSA) is 0 Å². The Morgan fingerprint density at radius 3 is 2.09 bits per heavy atom. The van der Waals surface area contributed by atoms with E-state index in [2.05, 4.69) is 32.9 Å². The van der Waals surface area contributed by atoms with Crippen molar-refractivity contribution in [1.82, 2.24) is 0 Å². The minimum atomic E-state index is 0.920. The van der Waals surface area contributed by atoms with Crippen molar-refractivity contribution in [3.63, 3.8) is 0 Å². The molecule has 0 aromatic carbocycles. The molecule has 0 rings (SSSR count). The lowest BCUT2D eigenvalue weighted by molar-refractivity contribution is 0.499. The highest BCUT2D eigenvalue weighted by Gasteiger charge is 1.98. The van der Waals surface area contributed by atoms with E-state index in [0.717, 1.165) is 5.92 Å². The third-order valence-electron chi connectivity index (χ3n) is 2.25. The van der Waals surface area contributed by atoms with E-state index >= 15 is 0 Å². The molecule has 66 valence electrons. The maximum Gasteiger partial charge on any atom is -0.0322 e. The summed E-state index contributed by atoms with van der Waals surface area (Å²) in [7, 11) is 0. The Labute approximate surface area is 71.7 Å². The van der Waals surface area contributed by atoms with Crippen molar-refractivity contribution in [2.24, 2.45) is 5.92 Å². The van der Waals surface area contributed by atoms with Gasteiger partial charge in [0.1, 0.15) is 0 Å². The van der Waals surface area contributed by atoms with E-state index in [4.69, 9.17) is 0 Å². The first-order chi connectivity index (χ1) is 5.35. The summed E-state index contributed by atoms with van der Waals surface area (Å²) in [5.41, 5.74) is 0. The van der Waals surface area contributed by atoms with Crippen LogP contribution in [0.5, 0.6) is 0 Å². The second-order valence-corrected chi connectivity index (χ2v) is 3.18. The molecule has 0 N–H and O–H groups in total. The summed E-state index contributed by atoms with van der Waals surface area (Å²) >= 11 is 0. The molecular formula is C11H22. The Balaban J connectivity index is 3.33. The largest absolute Gasteiger partial charge is 0.0885 e. The van der Waals surface area contributed by atoms with Crippen molar-refractivity contribution >= 4 is 0 Å². The van der Waals surface area contributed by atoms with Gasteiger partial charge in [0, 0.05) is 0 Å². The van der Waals surface area contributed by atoms with Crippen LogP contribution in [0.25, 0.3) is 0 Å². The lowest BCUT2D eigenvalue weighted by atomic mass is 9.99. The molecule has 0 amide bonds. The van der Waals surface area contributed by atoms with Gasteiger partial charge in [-0.2, -0.15) is 0 Å². The predicted octanol–water partition coefficient (Wildman–Crippen LogP) is 4.17. The molecule has 0 unspecified atom stereocenters. The molecule has 11 heavy (non-hydrogen) atoms. The van der Waals surface area contributed by atoms with E-state index in [1.54, 1.807) is 0 Å². The molecule has 0 aliphatic heterocycles. The van der Waals surface area contributed by atoms with Crippen LogP contribution in [0.15, 0.2) is 12.2 Å². The van der Waals surface area contributed by atoms with Crippen LogP contribution in [0, 0.1) is 5.92 Å². The van der Waals surface area contributed by atoms with Gasteiger partial charge >= 0.3 is 0 Å². The first-order valence-electron chi connectivity index (χ1n) is 5.00. The first-order valence-corrected chi connectivity index (χ1v) is 5.00. The van der Waals surface area contributed by atoms with Gasteiger partial charge in [0.25, 0.3) is 0 Å². The number of allylic oxidation sites excluding steroid dienone is 2. The lowest BCUT2D eigenvalue weighted by Gasteiger charge is -2.07. The Morgan fingerprint density at radius 1 is 1.00 bits per heavy atom. The van der Waals surface area contributed by atoms with Gasteiger partial charge in [-0.1, -0.05) is 52.2 Å². The Morgan fingerprint density at radius 2 is 1.64 bits per heavy atom. The smallest absolute Gasteiger partial charge is 0.0322 e. The fraction of sp³-hybridized carbons (Fsp3) is 0.818. The quantitative estimate of drug-likeness (QED) is 0.504. The van der Waals surface area contributed by atoms with Crippen molar-refractivity contribution in [2.75, 3.05) is 0 Å². The molecule has 0 heteroatoms. The van der Waals surface area contributed by atoms with Crippen molar-refractivity contribution in [2.45, 2.75) is 52.9 Å². The minimum absolute atomic E-state index is 0.920. The fourth-order valence-corrected chi connectivity index (χ4v) is 1.20. The molecule has 0 aliphatic rings. The SMILES string of the molecule is CCC/C=C\CC(CC)CC. The normalized spacial score (nSPS) is 11.6. The van der Waals surface area contributed by atoms with Crippen LogP contribution in [0.3, 0.4) is 0 Å². The predicted molar refractivity (Wildman–Crippen MR) is 52.7 cm³/mol. The van der Waals surface area contributed by atoms with Gasteiger partial charge in [0.05, 0.1) is 0 Å². The summed E-state index contributed by atoms with van der Waals surface area (Å²) in [5, 5.41) is 0. The Kier molecular flexibility index (Phi) is 7.66. The summed E-state index contributed by atoms with van der Waals surface area (Å²) in [6.07, 6.45) is 11.1. The van der Waals surface area contributed by atoms with Gasteiger partial charge in [-0.05, 0) is 18.8 Å². The van der Waals surface area contributed by atoms with Gasteiger partial charge in [0.15, 0.2) is 0 Å². The van der Waals surface area contributed by atoms with E-state index < -0.39 is 0 Å². The number of rotatable bonds is 6. The average molecular weight is 154 g/mol. The summed E-state index contributed by atoms with van der Waals surface area (Å²) < 4.78 is 0. The van der Waals surface area contributed by atoms with Crippen molar-refractivity contribution in [3.05, 3.63) is 12.2 Å². The molecule has 0 atom stereocenters. The Bertz CT molecular complexity index is 88.2. The van der Waals surface area contributed by atoms with Crippen molar-refractivity contribution in [1.29, 1.82) is 0 Å². The van der Waals surface area contributed by atoms with Gasteiger partial charge in [-0.15, -0.1) is 0 Å². The van der Waals surface area contributed by atoms with Crippen LogP contribution in [0.4, 0.5) is 0 Å². The van der Waals surface area contributed by atoms with Crippen molar-refractivity contribution < 1.29 is 0 Å². The Hall–Kier alpha value is -0.260. The molecule has 0 radical (unpaired) electrons. The summed E-state index contributed by atoms with van der Waals surface area (Å²) in [4.78, 5) is 0. The fourth-order valence-electron chi connectivity index (χ4n) is 1.20. The van der Waals surface area contributed by atoms with Crippen molar-refractivity contribution in [3.8, 4) is 0 Å². The monoisotopic (exact) mass is 154 g/mol. The molecule has 0 saturated heterocycles. The highest BCUT2D eigenvalue weighted by molar-refractivity contribution is 4.83. The third kappa shape index (κ3) is 6.15. The number of hydrogen-bond acceptors (Lipinski definition) is 0. The van der Waals surface area contributed by atoms with Crippen LogP contribution >= 0.6 is 0 Å². The lowest BCUT2D eigenvalue weighted by Crippen LogP contribution is -1.93. The van der Waals surface area contributed by atoms with Crippen LogP contribution in [-0.2, 0) is 0 Å². The molecule has 0 aliphatic carbocycles. The van der Waals surface area contributed by atoms with Gasteiger partial charge < -0.3 is 0 Å². The first kappa shape index (κ1) is 10.7. The van der Waals surface area contributed by atoms with Crippen LogP contribution in [0.2, 0.25) is 0 Å². The molecule has 0 aromatic rings. The second-order valence-electron chi connectivity index (χ2n) is 3.18. The van der Waals surface area contributed by atoms with E-state index in [-0.39, 0.29) is 0 Å². The molecule has 0 aromatic heterocycles. The standard InChI is InChI=1S/C11H22/c1-4-7-8-9-10-11(5-2)6-3/h8-9,11H,4-7,10H2,1-3H3/b9-8-. The second kappa shape index (κ2) is 7.84. The van der Waals surface area contributed by atoms with Crippen LogP contribution in [0.1, 0.15) is 52.9 Å². The van der Waals surface area contributed by atoms with Crippen LogP contribution in [-0.4, -0.2) is 0 Å². The summed E-state index contributed by atoms with van der Waals surface area (Å²) in [5.74, 6) is 0.920. The summed E-state index contributed by atoms with van der Waals surface area (Å²) in [6.45, 7) is 6.78. The zero-order valence-electron chi connectivity index (χ0n) is 8.27. The average Bonchev–Trinajstić information content (AvgIpc) is 2.05. The van der Waals surface area contributed by atoms with E-state index in [1.807, 2.05) is 0 Å². The highest BCUT2D eigenvalue weighted by Crippen LogP contribution is 2.12. The summed E-state index contributed by atoms with van der Waals surface area (Å²) in [6, 6.07) is 0. The zero-order valence-corrected chi connectivity index (χ0v) is 8.27. The van der Waals surface area contributed by atoms with Gasteiger partial charge in [-0.25, -0.2) is 0 Å². The number of hydrogen-bond donors (Lipinski definition) is 0. The van der Waals surface area contributed by atoms with E-state index in [1.165, 1.54) is 32.1 Å². The van der Waals surface area contributed by atoms with Gasteiger partial charge in [-0.3, -0.25) is 0 Å². The minimum Gasteiger partial charge on any atom is -0.0885 e. The number of unbranched alkanes of at least 4 members (excludes halogenated alkanes) is 1. The van der Waals surface area contributed by atoms with E-state index in [0.29, 0.717) is 0 Å². The molecule has 0 fully saturated rings. The van der Waals surface area contributed by atoms with Gasteiger partial charge in [0.2, 0.25) is 0 Å². The highest BCUT2D eigenvalue weighted by atomic mass is 14.0. The van der Waals surface area contributed by atoms with Crippen LogP contribution < -0.4 is 0 Å². The molecule has 0 bridgehead atoms. The molecule has 0 spiro atoms. The molecule has 0 nitrogen and oxygen atoms in total. The molecule has 0 saturated carbocycles. The molecular weight excluding hydrogens is 132 g/mol.